The number of Topliss-reactive ketones (excluding diaryl/α,β-unsaturated/α-hetero) is 2. The summed E-state index contributed by atoms with van der Waals surface area (Å²) in [5, 5.41) is 2.43. The number of carbonyl (C=O) groups excluding carboxylic acids is 2. The zero-order valence-electron chi connectivity index (χ0n) is 21.1. The van der Waals surface area contributed by atoms with Gasteiger partial charge >= 0.3 is 0 Å². The van der Waals surface area contributed by atoms with E-state index in [1.807, 2.05) is 0 Å². The molecular weight excluding hydrogens is 436 g/mol. The Labute approximate surface area is 205 Å². The Hall–Kier alpha value is -2.30. The van der Waals surface area contributed by atoms with Gasteiger partial charge in [-0.05, 0) is 34.7 Å². The third kappa shape index (κ3) is 4.16. The number of hydrogen-bond acceptors (Lipinski definition) is 3. The molecule has 4 heteroatoms. The highest BCUT2D eigenvalue weighted by Crippen LogP contribution is 2.57. The van der Waals surface area contributed by atoms with Gasteiger partial charge in [-0.2, -0.15) is 0 Å². The predicted molar refractivity (Wildman–Crippen MR) is 141 cm³/mol. The van der Waals surface area contributed by atoms with Crippen molar-refractivity contribution in [2.24, 2.45) is 10.8 Å². The third-order valence-electron chi connectivity index (χ3n) is 8.41. The van der Waals surface area contributed by atoms with E-state index in [9.17, 15) is 9.59 Å². The van der Waals surface area contributed by atoms with Crippen LogP contribution < -0.4 is 10.4 Å². The van der Waals surface area contributed by atoms with Gasteiger partial charge in [-0.15, -0.1) is 0 Å². The number of carbonyl (C=O) groups is 2. The Morgan fingerprint density at radius 1 is 0.912 bits per heavy atom. The molecule has 0 amide bonds. The second-order valence-electron chi connectivity index (χ2n) is 11.4. The van der Waals surface area contributed by atoms with Gasteiger partial charge in [-0.25, -0.2) is 0 Å². The lowest BCUT2D eigenvalue weighted by Gasteiger charge is -2.52. The first-order chi connectivity index (χ1) is 16.1. The summed E-state index contributed by atoms with van der Waals surface area (Å²) in [5.74, 6) is 0.605. The Balaban J connectivity index is 1.69. The summed E-state index contributed by atoms with van der Waals surface area (Å²) in [5.41, 5.74) is -0.806. The molecule has 2 aliphatic carbocycles. The molecular formula is C30H38O3Si. The molecule has 0 radical (unpaired) electrons. The molecule has 4 rings (SSSR count). The van der Waals surface area contributed by atoms with Crippen molar-refractivity contribution in [2.75, 3.05) is 6.61 Å². The average Bonchev–Trinajstić information content (AvgIpc) is 2.81. The lowest BCUT2D eigenvalue weighted by atomic mass is 9.50. The zero-order valence-corrected chi connectivity index (χ0v) is 22.1. The Bertz CT molecular complexity index is 1010. The summed E-state index contributed by atoms with van der Waals surface area (Å²) in [6, 6.07) is 21.3. The standard InChI is InChI=1S/C30H38O3Si/c1-28(2,3)34(25-13-7-5-8-14-25,26-15-9-6-10-16-26)33-22-12-20-30-19-11-17-27(32)29(30,4)21-18-24(31)23-30/h5-10,12-16,20H,11,17-19,21-23H2,1-4H3/b20-12+/t29-,30+/m1/s1. The monoisotopic (exact) mass is 474 g/mol. The van der Waals surface area contributed by atoms with Gasteiger partial charge in [0, 0.05) is 30.1 Å². The van der Waals surface area contributed by atoms with E-state index in [0.29, 0.717) is 38.1 Å². The summed E-state index contributed by atoms with van der Waals surface area (Å²) in [4.78, 5) is 25.5. The first-order valence-corrected chi connectivity index (χ1v) is 14.5. The van der Waals surface area contributed by atoms with Gasteiger partial charge in [0.25, 0.3) is 8.32 Å². The van der Waals surface area contributed by atoms with E-state index in [2.05, 4.69) is 101 Å². The maximum absolute atomic E-state index is 13.0. The van der Waals surface area contributed by atoms with Crippen molar-refractivity contribution in [3.05, 3.63) is 72.8 Å². The van der Waals surface area contributed by atoms with Crippen molar-refractivity contribution >= 4 is 30.3 Å². The molecule has 2 aromatic rings. The SMILES string of the molecule is CC(C)(C)[Si](OC/C=C/[C@]12CCCC(=O)[C@@]1(C)CCC(=O)C2)(c1ccccc1)c1ccccc1. The van der Waals surface area contributed by atoms with Crippen LogP contribution >= 0.6 is 0 Å². The van der Waals surface area contributed by atoms with Gasteiger partial charge in [0.1, 0.15) is 11.6 Å². The number of fused-ring (bicyclic) bond motifs is 1. The summed E-state index contributed by atoms with van der Waals surface area (Å²) < 4.78 is 7.00. The summed E-state index contributed by atoms with van der Waals surface area (Å²) in [6.45, 7) is 9.39. The molecule has 2 aromatic carbocycles. The van der Waals surface area contributed by atoms with E-state index in [1.54, 1.807) is 0 Å². The summed E-state index contributed by atoms with van der Waals surface area (Å²) >= 11 is 0. The maximum atomic E-state index is 13.0. The third-order valence-corrected chi connectivity index (χ3v) is 13.4. The Morgan fingerprint density at radius 2 is 1.50 bits per heavy atom. The molecule has 0 N–H and O–H groups in total. The van der Waals surface area contributed by atoms with Crippen LogP contribution in [0.4, 0.5) is 0 Å². The highest BCUT2D eigenvalue weighted by molar-refractivity contribution is 6.99. The molecule has 0 heterocycles. The van der Waals surface area contributed by atoms with Crippen LogP contribution in [0.3, 0.4) is 0 Å². The van der Waals surface area contributed by atoms with Crippen molar-refractivity contribution in [1.82, 2.24) is 0 Å². The van der Waals surface area contributed by atoms with E-state index in [-0.39, 0.29) is 16.2 Å². The van der Waals surface area contributed by atoms with Gasteiger partial charge in [-0.3, -0.25) is 9.59 Å². The van der Waals surface area contributed by atoms with Crippen molar-refractivity contribution in [1.29, 1.82) is 0 Å². The highest BCUT2D eigenvalue weighted by Gasteiger charge is 2.56. The van der Waals surface area contributed by atoms with Crippen LogP contribution in [0.1, 0.15) is 66.2 Å². The number of ketones is 2. The van der Waals surface area contributed by atoms with E-state index in [0.717, 1.165) is 12.8 Å². The van der Waals surface area contributed by atoms with Gasteiger partial charge in [0.2, 0.25) is 0 Å². The fraction of sp³-hybridized carbons (Fsp3) is 0.467. The molecule has 2 fully saturated rings. The first kappa shape index (κ1) is 24.8. The van der Waals surface area contributed by atoms with E-state index < -0.39 is 13.7 Å². The molecule has 0 saturated heterocycles. The molecule has 2 saturated carbocycles. The molecule has 0 bridgehead atoms. The second kappa shape index (κ2) is 9.39. The minimum absolute atomic E-state index is 0.0854. The Kier molecular flexibility index (Phi) is 6.85. The lowest BCUT2D eigenvalue weighted by Crippen LogP contribution is -2.66. The first-order valence-electron chi connectivity index (χ1n) is 12.6. The zero-order chi connectivity index (χ0) is 24.5. The van der Waals surface area contributed by atoms with Gasteiger partial charge in [-0.1, -0.05) is 101 Å². The molecule has 2 atom stereocenters. The predicted octanol–water partition coefficient (Wildman–Crippen LogP) is 5.62. The fourth-order valence-corrected chi connectivity index (χ4v) is 10.9. The molecule has 180 valence electrons. The lowest BCUT2D eigenvalue weighted by molar-refractivity contribution is -0.146. The van der Waals surface area contributed by atoms with E-state index in [1.165, 1.54) is 10.4 Å². The summed E-state index contributed by atoms with van der Waals surface area (Å²) in [6.07, 6.45) is 8.36. The van der Waals surface area contributed by atoms with Crippen LogP contribution in [0.2, 0.25) is 5.04 Å². The van der Waals surface area contributed by atoms with Gasteiger partial charge in [0.15, 0.2) is 0 Å². The fourth-order valence-electron chi connectivity index (χ4n) is 6.43. The van der Waals surface area contributed by atoms with Crippen molar-refractivity contribution in [2.45, 2.75) is 71.3 Å². The van der Waals surface area contributed by atoms with E-state index >= 15 is 0 Å². The summed E-state index contributed by atoms with van der Waals surface area (Å²) in [7, 11) is -2.61. The average molecular weight is 475 g/mol. The minimum Gasteiger partial charge on any atom is -0.404 e. The number of hydrogen-bond donors (Lipinski definition) is 0. The second-order valence-corrected chi connectivity index (χ2v) is 15.7. The normalized spacial score (nSPS) is 26.0. The molecule has 2 aliphatic rings. The van der Waals surface area contributed by atoms with Crippen LogP contribution in [0.15, 0.2) is 72.8 Å². The highest BCUT2D eigenvalue weighted by atomic mass is 28.4. The van der Waals surface area contributed by atoms with E-state index in [4.69, 9.17) is 4.43 Å². The molecule has 0 unspecified atom stereocenters. The van der Waals surface area contributed by atoms with Gasteiger partial charge in [0.05, 0.1) is 6.61 Å². The minimum atomic E-state index is -2.61. The molecule has 0 aliphatic heterocycles. The van der Waals surface area contributed by atoms with Crippen molar-refractivity contribution in [3.8, 4) is 0 Å². The Morgan fingerprint density at radius 3 is 2.06 bits per heavy atom. The van der Waals surface area contributed by atoms with Crippen LogP contribution in [0.25, 0.3) is 0 Å². The van der Waals surface area contributed by atoms with Crippen LogP contribution in [0.5, 0.6) is 0 Å². The molecule has 0 aromatic heterocycles. The largest absolute Gasteiger partial charge is 0.404 e. The number of benzene rings is 2. The smallest absolute Gasteiger partial charge is 0.261 e. The van der Waals surface area contributed by atoms with Crippen LogP contribution in [-0.4, -0.2) is 26.5 Å². The number of rotatable bonds is 6. The quantitative estimate of drug-likeness (QED) is 0.403. The van der Waals surface area contributed by atoms with Crippen molar-refractivity contribution < 1.29 is 14.0 Å². The molecule has 3 nitrogen and oxygen atoms in total. The van der Waals surface area contributed by atoms with Crippen LogP contribution in [0, 0.1) is 10.8 Å². The topological polar surface area (TPSA) is 43.4 Å². The number of allylic oxidation sites excluding steroid dienone is 1. The molecule has 0 spiro atoms. The van der Waals surface area contributed by atoms with Gasteiger partial charge < -0.3 is 4.43 Å². The van der Waals surface area contributed by atoms with Crippen molar-refractivity contribution in [3.63, 3.8) is 0 Å². The molecule has 34 heavy (non-hydrogen) atoms. The van der Waals surface area contributed by atoms with Crippen LogP contribution in [-0.2, 0) is 14.0 Å². The maximum Gasteiger partial charge on any atom is 0.261 e.